The Balaban J connectivity index is 1.70. The lowest BCUT2D eigenvalue weighted by molar-refractivity contribution is -0.136. The van der Waals surface area contributed by atoms with Gasteiger partial charge in [-0.05, 0) is 37.1 Å². The van der Waals surface area contributed by atoms with Crippen molar-refractivity contribution in [2.75, 3.05) is 19.6 Å². The maximum Gasteiger partial charge on any atom is 0.251 e. The van der Waals surface area contributed by atoms with E-state index >= 15 is 0 Å². The molecule has 1 atom stereocenters. The topological polar surface area (TPSA) is 87.3 Å². The first kappa shape index (κ1) is 16.3. The molecule has 1 aromatic rings. The Labute approximate surface area is 133 Å². The zero-order chi connectivity index (χ0) is 15.9. The van der Waals surface area contributed by atoms with Gasteiger partial charge in [0.2, 0.25) is 11.8 Å². The molecule has 1 aliphatic rings. The average Bonchev–Trinajstić information content (AvgIpc) is 2.52. The number of carbonyl (C=O) groups is 3. The van der Waals surface area contributed by atoms with Crippen LogP contribution in [0.5, 0.6) is 0 Å². The Hall–Kier alpha value is -2.08. The van der Waals surface area contributed by atoms with Gasteiger partial charge >= 0.3 is 0 Å². The highest BCUT2D eigenvalue weighted by molar-refractivity contribution is 6.30. The monoisotopic (exact) mass is 323 g/mol. The van der Waals surface area contributed by atoms with Gasteiger partial charge < -0.3 is 16.0 Å². The number of benzene rings is 1. The van der Waals surface area contributed by atoms with Crippen molar-refractivity contribution in [3.05, 3.63) is 34.9 Å². The molecule has 1 aliphatic heterocycles. The molecular formula is C15H18ClN3O3. The van der Waals surface area contributed by atoms with Crippen LogP contribution in [0.2, 0.25) is 5.02 Å². The van der Waals surface area contributed by atoms with E-state index in [0.29, 0.717) is 30.1 Å². The van der Waals surface area contributed by atoms with Gasteiger partial charge in [-0.15, -0.1) is 0 Å². The minimum absolute atomic E-state index is 0.228. The van der Waals surface area contributed by atoms with Crippen LogP contribution in [0.4, 0.5) is 0 Å². The molecule has 7 heteroatoms. The molecule has 1 aromatic carbocycles. The smallest absolute Gasteiger partial charge is 0.251 e. The van der Waals surface area contributed by atoms with Crippen molar-refractivity contribution >= 4 is 29.3 Å². The summed E-state index contributed by atoms with van der Waals surface area (Å²) in [5.41, 5.74) is 0.502. The fourth-order valence-electron chi connectivity index (χ4n) is 2.21. The van der Waals surface area contributed by atoms with Gasteiger partial charge in [-0.3, -0.25) is 14.4 Å². The number of piperidine rings is 1. The van der Waals surface area contributed by atoms with Gasteiger partial charge in [0, 0.05) is 30.2 Å². The second-order valence-electron chi connectivity index (χ2n) is 5.04. The molecule has 0 aromatic heterocycles. The summed E-state index contributed by atoms with van der Waals surface area (Å²) < 4.78 is 0. The van der Waals surface area contributed by atoms with E-state index in [4.69, 9.17) is 11.6 Å². The van der Waals surface area contributed by atoms with E-state index in [-0.39, 0.29) is 24.3 Å². The van der Waals surface area contributed by atoms with Gasteiger partial charge in [-0.2, -0.15) is 0 Å². The molecule has 0 saturated carbocycles. The van der Waals surface area contributed by atoms with Gasteiger partial charge in [0.25, 0.3) is 5.91 Å². The molecule has 1 fully saturated rings. The van der Waals surface area contributed by atoms with E-state index in [1.807, 2.05) is 0 Å². The third kappa shape index (κ3) is 4.46. The van der Waals surface area contributed by atoms with E-state index in [1.54, 1.807) is 24.3 Å². The highest BCUT2D eigenvalue weighted by Gasteiger charge is 2.28. The minimum Gasteiger partial charge on any atom is -0.355 e. The van der Waals surface area contributed by atoms with Gasteiger partial charge in [0.1, 0.15) is 5.92 Å². The van der Waals surface area contributed by atoms with E-state index in [2.05, 4.69) is 16.0 Å². The lowest BCUT2D eigenvalue weighted by atomic mass is 9.98. The fourth-order valence-corrected chi connectivity index (χ4v) is 2.34. The van der Waals surface area contributed by atoms with Crippen molar-refractivity contribution in [1.82, 2.24) is 16.0 Å². The van der Waals surface area contributed by atoms with Crippen LogP contribution in [0, 0.1) is 5.92 Å². The molecule has 0 radical (unpaired) electrons. The summed E-state index contributed by atoms with van der Waals surface area (Å²) in [7, 11) is 0. The number of nitrogens with one attached hydrogen (secondary N) is 3. The maximum atomic E-state index is 11.9. The van der Waals surface area contributed by atoms with Gasteiger partial charge in [-0.25, -0.2) is 0 Å². The molecule has 3 amide bonds. The van der Waals surface area contributed by atoms with Gasteiger partial charge in [0.15, 0.2) is 0 Å². The molecule has 1 saturated heterocycles. The first-order valence-electron chi connectivity index (χ1n) is 7.17. The summed E-state index contributed by atoms with van der Waals surface area (Å²) in [6, 6.07) is 6.53. The van der Waals surface area contributed by atoms with Crippen LogP contribution in [-0.4, -0.2) is 37.4 Å². The predicted octanol–water partition coefficient (Wildman–Crippen LogP) is 0.712. The average molecular weight is 324 g/mol. The zero-order valence-electron chi connectivity index (χ0n) is 12.0. The van der Waals surface area contributed by atoms with Crippen molar-refractivity contribution in [2.45, 2.75) is 12.8 Å². The Morgan fingerprint density at radius 3 is 2.55 bits per heavy atom. The highest BCUT2D eigenvalue weighted by Crippen LogP contribution is 2.11. The lowest BCUT2D eigenvalue weighted by Crippen LogP contribution is -2.46. The molecule has 1 heterocycles. The molecule has 2 rings (SSSR count). The predicted molar refractivity (Wildman–Crippen MR) is 82.5 cm³/mol. The molecule has 22 heavy (non-hydrogen) atoms. The van der Waals surface area contributed by atoms with E-state index in [0.717, 1.165) is 6.42 Å². The van der Waals surface area contributed by atoms with Crippen molar-refractivity contribution in [3.63, 3.8) is 0 Å². The first-order chi connectivity index (χ1) is 10.6. The van der Waals surface area contributed by atoms with Crippen molar-refractivity contribution in [2.24, 2.45) is 5.92 Å². The number of carbonyl (C=O) groups excluding carboxylic acids is 3. The largest absolute Gasteiger partial charge is 0.355 e. The SMILES string of the molecule is O=C(NCCNC(=O)[C@@H]1CCCNC1=O)c1ccc(Cl)cc1. The summed E-state index contributed by atoms with van der Waals surface area (Å²) in [5, 5.41) is 8.59. The van der Waals surface area contributed by atoms with Crippen LogP contribution >= 0.6 is 11.6 Å². The first-order valence-corrected chi connectivity index (χ1v) is 7.55. The summed E-state index contributed by atoms with van der Waals surface area (Å²) in [6.45, 7) is 1.20. The Bertz CT molecular complexity index is 560. The molecular weight excluding hydrogens is 306 g/mol. The maximum absolute atomic E-state index is 11.9. The molecule has 0 spiro atoms. The van der Waals surface area contributed by atoms with Crippen LogP contribution in [-0.2, 0) is 9.59 Å². The van der Waals surface area contributed by atoms with Gasteiger partial charge in [-0.1, -0.05) is 11.6 Å². The van der Waals surface area contributed by atoms with Crippen molar-refractivity contribution < 1.29 is 14.4 Å². The third-order valence-electron chi connectivity index (χ3n) is 3.42. The number of rotatable bonds is 5. The van der Waals surface area contributed by atoms with Crippen LogP contribution in [0.15, 0.2) is 24.3 Å². The highest BCUT2D eigenvalue weighted by atomic mass is 35.5. The normalized spacial score (nSPS) is 17.5. The fraction of sp³-hybridized carbons (Fsp3) is 0.400. The van der Waals surface area contributed by atoms with Crippen molar-refractivity contribution in [3.8, 4) is 0 Å². The number of amides is 3. The molecule has 118 valence electrons. The third-order valence-corrected chi connectivity index (χ3v) is 3.67. The molecule has 0 aliphatic carbocycles. The Kier molecular flexibility index (Phi) is 5.77. The van der Waals surface area contributed by atoms with E-state index < -0.39 is 5.92 Å². The molecule has 6 nitrogen and oxygen atoms in total. The van der Waals surface area contributed by atoms with Crippen LogP contribution < -0.4 is 16.0 Å². The molecule has 0 bridgehead atoms. The van der Waals surface area contributed by atoms with Gasteiger partial charge in [0.05, 0.1) is 0 Å². The minimum atomic E-state index is -0.624. The molecule has 3 N–H and O–H groups in total. The van der Waals surface area contributed by atoms with Crippen LogP contribution in [0.25, 0.3) is 0 Å². The van der Waals surface area contributed by atoms with E-state index in [1.165, 1.54) is 0 Å². The zero-order valence-corrected chi connectivity index (χ0v) is 12.8. The van der Waals surface area contributed by atoms with Crippen molar-refractivity contribution in [1.29, 1.82) is 0 Å². The summed E-state index contributed by atoms with van der Waals surface area (Å²) in [6.07, 6.45) is 1.37. The summed E-state index contributed by atoms with van der Waals surface area (Å²) >= 11 is 5.75. The summed E-state index contributed by atoms with van der Waals surface area (Å²) in [5.74, 6) is -1.38. The second-order valence-corrected chi connectivity index (χ2v) is 5.48. The number of hydrogen-bond donors (Lipinski definition) is 3. The standard InChI is InChI=1S/C15H18ClN3O3/c16-11-5-3-10(4-6-11)13(20)18-8-9-19-15(22)12-2-1-7-17-14(12)21/h3-6,12H,1-2,7-9H2,(H,17,21)(H,18,20)(H,19,22)/t12-/m1/s1. The molecule has 0 unspecified atom stereocenters. The number of halogens is 1. The second kappa shape index (κ2) is 7.79. The van der Waals surface area contributed by atoms with Crippen LogP contribution in [0.3, 0.4) is 0 Å². The Morgan fingerprint density at radius 2 is 1.86 bits per heavy atom. The lowest BCUT2D eigenvalue weighted by Gasteiger charge is -2.21. The van der Waals surface area contributed by atoms with Crippen LogP contribution in [0.1, 0.15) is 23.2 Å². The van der Waals surface area contributed by atoms with E-state index in [9.17, 15) is 14.4 Å². The quantitative estimate of drug-likeness (QED) is 0.551. The Morgan fingerprint density at radius 1 is 1.18 bits per heavy atom. The summed E-state index contributed by atoms with van der Waals surface area (Å²) in [4.78, 5) is 35.2. The number of hydrogen-bond acceptors (Lipinski definition) is 3.